The number of amides is 3. The van der Waals surface area contributed by atoms with Crippen LogP contribution in [-0.4, -0.2) is 33.6 Å². The summed E-state index contributed by atoms with van der Waals surface area (Å²) in [7, 11) is 0. The molecule has 1 aliphatic rings. The fourth-order valence-corrected chi connectivity index (χ4v) is 4.01. The van der Waals surface area contributed by atoms with E-state index in [1.807, 2.05) is 19.1 Å². The molecule has 3 aromatic rings. The summed E-state index contributed by atoms with van der Waals surface area (Å²) in [6, 6.07) is 11.4. The molecule has 2 aromatic carbocycles. The van der Waals surface area contributed by atoms with Crippen LogP contribution in [0.2, 0.25) is 10.0 Å². The van der Waals surface area contributed by atoms with E-state index in [-0.39, 0.29) is 17.5 Å². The minimum atomic E-state index is -1.34. The fraction of sp³-hybridized carbons (Fsp3) is 0.238. The number of benzene rings is 2. The molecule has 1 aliphatic heterocycles. The van der Waals surface area contributed by atoms with E-state index in [9.17, 15) is 9.59 Å². The molecule has 1 aromatic heterocycles. The lowest BCUT2D eigenvalue weighted by atomic mass is 9.92. The summed E-state index contributed by atoms with van der Waals surface area (Å²) in [5.74, 6) is 0.527. The van der Waals surface area contributed by atoms with E-state index in [1.54, 1.807) is 31.2 Å². The lowest BCUT2D eigenvalue weighted by Gasteiger charge is -2.23. The topological polar surface area (TPSA) is 97.6 Å². The first-order chi connectivity index (χ1) is 14.8. The van der Waals surface area contributed by atoms with Gasteiger partial charge in [0.15, 0.2) is 0 Å². The number of rotatable bonds is 6. The van der Waals surface area contributed by atoms with Crippen molar-refractivity contribution in [1.82, 2.24) is 20.4 Å². The van der Waals surface area contributed by atoms with Crippen molar-refractivity contribution >= 4 is 35.1 Å². The molecular formula is C21H18Cl2N4O4. The van der Waals surface area contributed by atoms with Crippen LogP contribution in [0, 0.1) is 0 Å². The summed E-state index contributed by atoms with van der Waals surface area (Å²) >= 11 is 12.2. The predicted octanol–water partition coefficient (Wildman–Crippen LogP) is 4.41. The molecule has 0 bridgehead atoms. The molecule has 160 valence electrons. The summed E-state index contributed by atoms with van der Waals surface area (Å²) in [4.78, 5) is 31.1. The molecule has 0 saturated carbocycles. The zero-order valence-corrected chi connectivity index (χ0v) is 18.2. The summed E-state index contributed by atoms with van der Waals surface area (Å²) in [5.41, 5.74) is -0.256. The van der Waals surface area contributed by atoms with Crippen molar-refractivity contribution in [2.45, 2.75) is 25.9 Å². The van der Waals surface area contributed by atoms with Gasteiger partial charge in [0, 0.05) is 15.6 Å². The van der Waals surface area contributed by atoms with Crippen LogP contribution in [-0.2, 0) is 16.9 Å². The first-order valence-electron chi connectivity index (χ1n) is 9.48. The van der Waals surface area contributed by atoms with E-state index < -0.39 is 17.5 Å². The van der Waals surface area contributed by atoms with Gasteiger partial charge >= 0.3 is 6.03 Å². The zero-order chi connectivity index (χ0) is 22.2. The lowest BCUT2D eigenvalue weighted by molar-refractivity contribution is -0.131. The van der Waals surface area contributed by atoms with Gasteiger partial charge < -0.3 is 14.6 Å². The number of halogens is 2. The highest BCUT2D eigenvalue weighted by atomic mass is 35.5. The van der Waals surface area contributed by atoms with Gasteiger partial charge in [-0.05, 0) is 38.1 Å². The number of hydrogen-bond donors (Lipinski definition) is 1. The molecule has 1 saturated heterocycles. The lowest BCUT2D eigenvalue weighted by Crippen LogP contribution is -2.41. The summed E-state index contributed by atoms with van der Waals surface area (Å²) in [6.45, 7) is 3.76. The van der Waals surface area contributed by atoms with Gasteiger partial charge in [-0.15, -0.1) is 0 Å². The Morgan fingerprint density at radius 1 is 1.19 bits per heavy atom. The molecular weight excluding hydrogens is 443 g/mol. The average Bonchev–Trinajstić information content (AvgIpc) is 3.28. The van der Waals surface area contributed by atoms with E-state index in [0.29, 0.717) is 34.3 Å². The van der Waals surface area contributed by atoms with Gasteiger partial charge in [0.25, 0.3) is 5.91 Å². The highest BCUT2D eigenvalue weighted by molar-refractivity contribution is 6.35. The third-order valence-electron chi connectivity index (χ3n) is 4.93. The Bertz CT molecular complexity index is 1170. The average molecular weight is 461 g/mol. The number of urea groups is 1. The maximum absolute atomic E-state index is 13.1. The highest BCUT2D eigenvalue weighted by Crippen LogP contribution is 2.35. The number of carbonyl (C=O) groups is 2. The normalized spacial score (nSPS) is 18.4. The second-order valence-electron chi connectivity index (χ2n) is 7.01. The molecule has 3 amide bonds. The number of ether oxygens (including phenoxy) is 1. The van der Waals surface area contributed by atoms with E-state index >= 15 is 0 Å². The Kier molecular flexibility index (Phi) is 5.60. The Balaban J connectivity index is 1.58. The maximum Gasteiger partial charge on any atom is 0.325 e. The molecule has 0 aliphatic carbocycles. The Hall–Kier alpha value is -3.10. The molecule has 0 radical (unpaired) electrons. The number of imide groups is 1. The standard InChI is InChI=1S/C21H18Cl2N4O4/c1-3-30-16-7-5-4-6-13(16)18-24-17(31-26-18)11-27-19(28)21(2,25-20(27)29)14-9-8-12(22)10-15(14)23/h4-10H,3,11H2,1-2H3,(H,25,29). The van der Waals surface area contributed by atoms with Gasteiger partial charge in [-0.3, -0.25) is 9.69 Å². The predicted molar refractivity (Wildman–Crippen MR) is 114 cm³/mol. The monoisotopic (exact) mass is 460 g/mol. The minimum Gasteiger partial charge on any atom is -0.493 e. The summed E-state index contributed by atoms with van der Waals surface area (Å²) < 4.78 is 10.9. The van der Waals surface area contributed by atoms with Crippen molar-refractivity contribution in [2.24, 2.45) is 0 Å². The van der Waals surface area contributed by atoms with Crippen molar-refractivity contribution in [3.05, 3.63) is 64.0 Å². The first-order valence-corrected chi connectivity index (χ1v) is 10.2. The third kappa shape index (κ3) is 3.84. The largest absolute Gasteiger partial charge is 0.493 e. The number of hydrogen-bond acceptors (Lipinski definition) is 6. The van der Waals surface area contributed by atoms with Crippen molar-refractivity contribution in [3.8, 4) is 17.1 Å². The number of carbonyl (C=O) groups excluding carboxylic acids is 2. The Morgan fingerprint density at radius 2 is 1.97 bits per heavy atom. The maximum atomic E-state index is 13.1. The van der Waals surface area contributed by atoms with Crippen molar-refractivity contribution in [3.63, 3.8) is 0 Å². The molecule has 1 fully saturated rings. The molecule has 10 heteroatoms. The highest BCUT2D eigenvalue weighted by Gasteiger charge is 2.50. The van der Waals surface area contributed by atoms with Gasteiger partial charge in [-0.25, -0.2) is 4.79 Å². The second kappa shape index (κ2) is 8.20. The second-order valence-corrected chi connectivity index (χ2v) is 7.86. The van der Waals surface area contributed by atoms with Crippen LogP contribution in [0.15, 0.2) is 47.0 Å². The Labute approximate surface area is 188 Å². The molecule has 4 rings (SSSR count). The first kappa shape index (κ1) is 21.1. The van der Waals surface area contributed by atoms with Gasteiger partial charge in [0.2, 0.25) is 11.7 Å². The number of nitrogens with zero attached hydrogens (tertiary/aromatic N) is 3. The van der Waals surface area contributed by atoms with Crippen LogP contribution in [0.25, 0.3) is 11.4 Å². The van der Waals surface area contributed by atoms with Gasteiger partial charge in [-0.1, -0.05) is 46.6 Å². The van der Waals surface area contributed by atoms with Crippen LogP contribution in [0.4, 0.5) is 4.79 Å². The summed E-state index contributed by atoms with van der Waals surface area (Å²) in [5, 5.41) is 7.36. The number of para-hydroxylation sites is 1. The molecule has 8 nitrogen and oxygen atoms in total. The minimum absolute atomic E-state index is 0.108. The van der Waals surface area contributed by atoms with Crippen LogP contribution >= 0.6 is 23.2 Å². The molecule has 31 heavy (non-hydrogen) atoms. The number of nitrogens with one attached hydrogen (secondary N) is 1. The fourth-order valence-electron chi connectivity index (χ4n) is 3.41. The van der Waals surface area contributed by atoms with Crippen molar-refractivity contribution in [2.75, 3.05) is 6.61 Å². The Morgan fingerprint density at radius 3 is 2.71 bits per heavy atom. The molecule has 1 atom stereocenters. The van der Waals surface area contributed by atoms with Crippen molar-refractivity contribution in [1.29, 1.82) is 0 Å². The molecule has 0 spiro atoms. The van der Waals surface area contributed by atoms with E-state index in [2.05, 4.69) is 15.5 Å². The number of aromatic nitrogens is 2. The van der Waals surface area contributed by atoms with Crippen LogP contribution in [0.1, 0.15) is 25.3 Å². The van der Waals surface area contributed by atoms with Crippen LogP contribution in [0.5, 0.6) is 5.75 Å². The smallest absolute Gasteiger partial charge is 0.325 e. The molecule has 2 heterocycles. The van der Waals surface area contributed by atoms with E-state index in [4.69, 9.17) is 32.5 Å². The SMILES string of the molecule is CCOc1ccccc1-c1noc(CN2C(=O)NC(C)(c3ccc(Cl)cc3Cl)C2=O)n1. The van der Waals surface area contributed by atoms with Crippen LogP contribution in [0.3, 0.4) is 0 Å². The van der Waals surface area contributed by atoms with E-state index in [0.717, 1.165) is 4.90 Å². The van der Waals surface area contributed by atoms with Crippen molar-refractivity contribution < 1.29 is 18.8 Å². The molecule has 1 unspecified atom stereocenters. The quantitative estimate of drug-likeness (QED) is 0.547. The van der Waals surface area contributed by atoms with Gasteiger partial charge in [0.05, 0.1) is 12.2 Å². The van der Waals surface area contributed by atoms with Crippen LogP contribution < -0.4 is 10.1 Å². The summed E-state index contributed by atoms with van der Waals surface area (Å²) in [6.07, 6.45) is 0. The molecule has 1 N–H and O–H groups in total. The third-order valence-corrected chi connectivity index (χ3v) is 5.48. The van der Waals surface area contributed by atoms with Gasteiger partial charge in [-0.2, -0.15) is 4.98 Å². The van der Waals surface area contributed by atoms with Gasteiger partial charge in [0.1, 0.15) is 17.8 Å². The zero-order valence-electron chi connectivity index (χ0n) is 16.7. The van der Waals surface area contributed by atoms with E-state index in [1.165, 1.54) is 6.07 Å².